The highest BCUT2D eigenvalue weighted by Gasteiger charge is 2.29. The molecule has 1 N–H and O–H groups in total. The second-order valence-electron chi connectivity index (χ2n) is 8.00. The molecule has 1 aliphatic heterocycles. The van der Waals surface area contributed by atoms with E-state index in [1.165, 1.54) is 5.57 Å². The molecule has 2 aromatic carbocycles. The number of nitrogens with zero attached hydrogens (tertiary/aromatic N) is 2. The molecular formula is C24H25N3O3. The zero-order chi connectivity index (χ0) is 21.5. The molecule has 154 valence electrons. The molecule has 0 saturated heterocycles. The predicted octanol–water partition coefficient (Wildman–Crippen LogP) is 4.84. The number of hydrazone groups is 1. The van der Waals surface area contributed by atoms with Crippen LogP contribution in [0, 0.1) is 0 Å². The van der Waals surface area contributed by atoms with Crippen LogP contribution in [0.5, 0.6) is 5.75 Å². The van der Waals surface area contributed by atoms with E-state index in [4.69, 9.17) is 9.15 Å². The molecule has 0 spiro atoms. The first-order chi connectivity index (χ1) is 14.3. The number of nitrogens with one attached hydrogen (secondary N) is 1. The number of benzene rings is 2. The molecule has 0 aliphatic carbocycles. The monoisotopic (exact) mass is 403 g/mol. The number of methoxy groups -OCH3 is 1. The lowest BCUT2D eigenvalue weighted by molar-refractivity contribution is 0.0929. The van der Waals surface area contributed by atoms with Crippen LogP contribution in [0.25, 0.3) is 16.5 Å². The Balaban J connectivity index is 1.59. The molecule has 1 aromatic heterocycles. The third-order valence-corrected chi connectivity index (χ3v) is 5.59. The molecule has 3 aromatic rings. The lowest BCUT2D eigenvalue weighted by Crippen LogP contribution is -2.42. The normalized spacial score (nSPS) is 15.2. The van der Waals surface area contributed by atoms with Crippen LogP contribution in [0.15, 0.2) is 58.1 Å². The van der Waals surface area contributed by atoms with Gasteiger partial charge in [-0.15, -0.1) is 0 Å². The lowest BCUT2D eigenvalue weighted by atomic mass is 9.88. The van der Waals surface area contributed by atoms with Crippen molar-refractivity contribution in [2.75, 3.05) is 19.1 Å². The standard InChI is InChI=1S/C24H25N3O3/c1-15-13-24(2,3)27(4)19-12-21(29-5)17(10-18(15)19)14-25-26-23(28)22-11-16-8-6-7-9-20(16)30-22/h6-14H,1-5H3,(H,26,28)/b25-14+. The molecular weight excluding hydrogens is 378 g/mol. The van der Waals surface area contributed by atoms with E-state index in [-0.39, 0.29) is 11.3 Å². The predicted molar refractivity (Wildman–Crippen MR) is 120 cm³/mol. The van der Waals surface area contributed by atoms with Crippen LogP contribution >= 0.6 is 0 Å². The van der Waals surface area contributed by atoms with E-state index >= 15 is 0 Å². The van der Waals surface area contributed by atoms with Crippen LogP contribution in [-0.4, -0.2) is 31.8 Å². The third-order valence-electron chi connectivity index (χ3n) is 5.59. The number of ether oxygens (including phenoxy) is 1. The molecule has 1 amide bonds. The van der Waals surface area contributed by atoms with E-state index in [1.54, 1.807) is 19.4 Å². The van der Waals surface area contributed by atoms with E-state index in [0.29, 0.717) is 11.3 Å². The van der Waals surface area contributed by atoms with Gasteiger partial charge in [-0.05, 0) is 44.5 Å². The molecule has 0 atom stereocenters. The Morgan fingerprint density at radius 3 is 2.73 bits per heavy atom. The number of anilines is 1. The van der Waals surface area contributed by atoms with Crippen molar-refractivity contribution in [3.63, 3.8) is 0 Å². The highest BCUT2D eigenvalue weighted by atomic mass is 16.5. The van der Waals surface area contributed by atoms with Crippen molar-refractivity contribution in [1.29, 1.82) is 0 Å². The largest absolute Gasteiger partial charge is 0.496 e. The zero-order valence-electron chi connectivity index (χ0n) is 17.8. The van der Waals surface area contributed by atoms with Gasteiger partial charge in [0, 0.05) is 35.3 Å². The highest BCUT2D eigenvalue weighted by Crippen LogP contribution is 2.40. The van der Waals surface area contributed by atoms with Crippen molar-refractivity contribution in [2.45, 2.75) is 26.3 Å². The summed E-state index contributed by atoms with van der Waals surface area (Å²) in [5.41, 5.74) is 7.29. The Morgan fingerprint density at radius 2 is 2.00 bits per heavy atom. The lowest BCUT2D eigenvalue weighted by Gasteiger charge is -2.40. The Morgan fingerprint density at radius 1 is 1.23 bits per heavy atom. The van der Waals surface area contributed by atoms with Gasteiger partial charge in [0.1, 0.15) is 11.3 Å². The molecule has 30 heavy (non-hydrogen) atoms. The summed E-state index contributed by atoms with van der Waals surface area (Å²) in [6.07, 6.45) is 3.83. The molecule has 2 heterocycles. The summed E-state index contributed by atoms with van der Waals surface area (Å²) in [4.78, 5) is 14.6. The fourth-order valence-electron chi connectivity index (χ4n) is 3.78. The highest BCUT2D eigenvalue weighted by molar-refractivity contribution is 5.97. The van der Waals surface area contributed by atoms with E-state index < -0.39 is 5.91 Å². The quantitative estimate of drug-likeness (QED) is 0.500. The van der Waals surface area contributed by atoms with Crippen LogP contribution in [0.3, 0.4) is 0 Å². The van der Waals surface area contributed by atoms with E-state index in [2.05, 4.69) is 49.3 Å². The number of allylic oxidation sites excluding steroid dienone is 1. The summed E-state index contributed by atoms with van der Waals surface area (Å²) in [5, 5.41) is 4.99. The van der Waals surface area contributed by atoms with Crippen molar-refractivity contribution in [1.82, 2.24) is 5.43 Å². The average Bonchev–Trinajstić information content (AvgIpc) is 3.16. The maximum absolute atomic E-state index is 12.4. The first kappa shape index (κ1) is 19.8. The maximum atomic E-state index is 12.4. The number of carbonyl (C=O) groups is 1. The summed E-state index contributed by atoms with van der Waals surface area (Å²) in [6.45, 7) is 6.45. The molecule has 0 saturated carbocycles. The Kier molecular flexibility index (Phi) is 4.86. The van der Waals surface area contributed by atoms with Crippen molar-refractivity contribution >= 4 is 34.4 Å². The first-order valence-electron chi connectivity index (χ1n) is 9.78. The fraction of sp³-hybridized carbons (Fsp3) is 0.250. The number of hydrogen-bond acceptors (Lipinski definition) is 5. The van der Waals surface area contributed by atoms with Crippen LogP contribution < -0.4 is 15.1 Å². The van der Waals surface area contributed by atoms with Gasteiger partial charge in [0.15, 0.2) is 5.76 Å². The summed E-state index contributed by atoms with van der Waals surface area (Å²) in [5.74, 6) is 0.498. The second-order valence-corrected chi connectivity index (χ2v) is 8.00. The van der Waals surface area contributed by atoms with E-state index in [1.807, 2.05) is 36.4 Å². The average molecular weight is 403 g/mol. The van der Waals surface area contributed by atoms with Gasteiger partial charge in [-0.1, -0.05) is 24.3 Å². The fourth-order valence-corrected chi connectivity index (χ4v) is 3.78. The molecule has 1 aliphatic rings. The number of likely N-dealkylation sites (N-methyl/N-ethyl adjacent to an activating group) is 1. The number of carbonyl (C=O) groups excluding carboxylic acids is 1. The van der Waals surface area contributed by atoms with Crippen molar-refractivity contribution in [2.24, 2.45) is 5.10 Å². The number of hydrogen-bond donors (Lipinski definition) is 1. The summed E-state index contributed by atoms with van der Waals surface area (Å²) in [6, 6.07) is 13.2. The Bertz CT molecular complexity index is 1150. The topological polar surface area (TPSA) is 67.1 Å². The van der Waals surface area contributed by atoms with Crippen molar-refractivity contribution < 1.29 is 13.9 Å². The maximum Gasteiger partial charge on any atom is 0.307 e. The van der Waals surface area contributed by atoms with Gasteiger partial charge in [0.05, 0.1) is 18.9 Å². The van der Waals surface area contributed by atoms with Crippen molar-refractivity contribution in [3.8, 4) is 5.75 Å². The number of rotatable bonds is 4. The number of fused-ring (bicyclic) bond motifs is 2. The van der Waals surface area contributed by atoms with Gasteiger partial charge in [0.25, 0.3) is 0 Å². The molecule has 0 bridgehead atoms. The smallest absolute Gasteiger partial charge is 0.307 e. The first-order valence-corrected chi connectivity index (χ1v) is 9.78. The number of furan rings is 1. The molecule has 0 radical (unpaired) electrons. The zero-order valence-corrected chi connectivity index (χ0v) is 17.8. The molecule has 4 rings (SSSR count). The van der Waals surface area contributed by atoms with Gasteiger partial charge in [0.2, 0.25) is 0 Å². The van der Waals surface area contributed by atoms with Crippen LogP contribution in [0.1, 0.15) is 42.5 Å². The minimum atomic E-state index is -0.406. The summed E-state index contributed by atoms with van der Waals surface area (Å²) in [7, 11) is 3.70. The Hall–Kier alpha value is -3.54. The van der Waals surface area contributed by atoms with Gasteiger partial charge in [-0.3, -0.25) is 4.79 Å². The van der Waals surface area contributed by atoms with Crippen molar-refractivity contribution in [3.05, 3.63) is 65.4 Å². The van der Waals surface area contributed by atoms with E-state index in [0.717, 1.165) is 22.2 Å². The molecule has 0 unspecified atom stereocenters. The SMILES string of the molecule is COc1cc2c(cc1/C=N/NC(=O)c1cc3ccccc3o1)C(C)=CC(C)(C)N2C. The minimum Gasteiger partial charge on any atom is -0.496 e. The minimum absolute atomic E-state index is 0.0851. The summed E-state index contributed by atoms with van der Waals surface area (Å²) >= 11 is 0. The van der Waals surface area contributed by atoms with Gasteiger partial charge in [-0.2, -0.15) is 5.10 Å². The van der Waals surface area contributed by atoms with Gasteiger partial charge in [-0.25, -0.2) is 5.43 Å². The molecule has 6 heteroatoms. The van der Waals surface area contributed by atoms with Crippen LogP contribution in [-0.2, 0) is 0 Å². The molecule has 6 nitrogen and oxygen atoms in total. The van der Waals surface area contributed by atoms with Gasteiger partial charge >= 0.3 is 5.91 Å². The Labute approximate surface area is 175 Å². The van der Waals surface area contributed by atoms with E-state index in [9.17, 15) is 4.79 Å². The van der Waals surface area contributed by atoms with Crippen LogP contribution in [0.4, 0.5) is 5.69 Å². The number of amides is 1. The second kappa shape index (κ2) is 7.37. The third kappa shape index (κ3) is 3.45. The van der Waals surface area contributed by atoms with Gasteiger partial charge < -0.3 is 14.1 Å². The number of para-hydroxylation sites is 1. The summed E-state index contributed by atoms with van der Waals surface area (Å²) < 4.78 is 11.2. The van der Waals surface area contributed by atoms with Crippen LogP contribution in [0.2, 0.25) is 0 Å². The molecule has 0 fully saturated rings.